The summed E-state index contributed by atoms with van der Waals surface area (Å²) in [6, 6.07) is 0. The van der Waals surface area contributed by atoms with E-state index in [-0.39, 0.29) is 12.3 Å². The van der Waals surface area contributed by atoms with E-state index in [9.17, 15) is 9.59 Å². The lowest BCUT2D eigenvalue weighted by Gasteiger charge is -2.32. The average molecular weight is 228 g/mol. The molecule has 0 aromatic heterocycles. The molecule has 5 nitrogen and oxygen atoms in total. The largest absolute Gasteiger partial charge is 0.481 e. The first-order valence-electron chi connectivity index (χ1n) is 5.59. The number of rotatable bonds is 3. The smallest absolute Gasteiger partial charge is 0.308 e. The van der Waals surface area contributed by atoms with Crippen LogP contribution in [0, 0.1) is 5.92 Å². The number of amides is 1. The zero-order chi connectivity index (χ0) is 12.3. The summed E-state index contributed by atoms with van der Waals surface area (Å²) in [4.78, 5) is 24.3. The summed E-state index contributed by atoms with van der Waals surface area (Å²) in [5.74, 6) is -1.28. The van der Waals surface area contributed by atoms with Crippen LogP contribution in [0.2, 0.25) is 0 Å². The average Bonchev–Trinajstić information content (AvgIpc) is 2.15. The molecule has 1 aliphatic rings. The van der Waals surface area contributed by atoms with Gasteiger partial charge in [-0.1, -0.05) is 0 Å². The van der Waals surface area contributed by atoms with Gasteiger partial charge in [0, 0.05) is 25.0 Å². The summed E-state index contributed by atoms with van der Waals surface area (Å²) >= 11 is 0. The zero-order valence-electron chi connectivity index (χ0n) is 9.90. The third kappa shape index (κ3) is 3.81. The van der Waals surface area contributed by atoms with Gasteiger partial charge in [-0.2, -0.15) is 0 Å². The number of carbonyl (C=O) groups is 2. The summed E-state index contributed by atoms with van der Waals surface area (Å²) < 4.78 is 0. The second-order valence-corrected chi connectivity index (χ2v) is 5.18. The Morgan fingerprint density at radius 2 is 2.12 bits per heavy atom. The topological polar surface area (TPSA) is 83.6 Å². The number of carboxylic acid groups (broad SMARTS) is 1. The standard InChI is InChI=1S/C11H20N2O3/c1-11(2,12)6-9(14)13-5-3-4-8(7-13)10(15)16/h8H,3-7,12H2,1-2H3,(H,15,16)/t8-/m0/s1. The molecular formula is C11H20N2O3. The number of likely N-dealkylation sites (tertiary alicyclic amines) is 1. The molecule has 1 heterocycles. The lowest BCUT2D eigenvalue weighted by atomic mass is 9.96. The van der Waals surface area contributed by atoms with E-state index in [1.54, 1.807) is 18.7 Å². The number of nitrogens with two attached hydrogens (primary N) is 1. The van der Waals surface area contributed by atoms with Gasteiger partial charge in [-0.3, -0.25) is 9.59 Å². The van der Waals surface area contributed by atoms with E-state index in [0.29, 0.717) is 19.5 Å². The highest BCUT2D eigenvalue weighted by molar-refractivity contribution is 5.78. The van der Waals surface area contributed by atoms with Crippen LogP contribution in [0.4, 0.5) is 0 Å². The molecule has 0 bridgehead atoms. The Hall–Kier alpha value is -1.10. The Balaban J connectivity index is 2.54. The van der Waals surface area contributed by atoms with Crippen molar-refractivity contribution in [2.24, 2.45) is 11.7 Å². The van der Waals surface area contributed by atoms with Gasteiger partial charge in [-0.05, 0) is 26.7 Å². The van der Waals surface area contributed by atoms with Crippen LogP contribution in [0.3, 0.4) is 0 Å². The maximum atomic E-state index is 11.8. The number of nitrogens with zero attached hydrogens (tertiary/aromatic N) is 1. The Kier molecular flexibility index (Phi) is 3.91. The molecule has 1 aliphatic heterocycles. The number of hydrogen-bond acceptors (Lipinski definition) is 3. The van der Waals surface area contributed by atoms with Gasteiger partial charge in [-0.15, -0.1) is 0 Å². The first kappa shape index (κ1) is 13.0. The van der Waals surface area contributed by atoms with Crippen molar-refractivity contribution in [1.82, 2.24) is 4.90 Å². The molecule has 0 aliphatic carbocycles. The van der Waals surface area contributed by atoms with Gasteiger partial charge in [0.25, 0.3) is 0 Å². The quantitative estimate of drug-likeness (QED) is 0.734. The molecule has 0 radical (unpaired) electrons. The number of aliphatic carboxylic acids is 1. The minimum Gasteiger partial charge on any atom is -0.481 e. The van der Waals surface area contributed by atoms with Crippen molar-refractivity contribution in [2.45, 2.75) is 38.6 Å². The lowest BCUT2D eigenvalue weighted by Crippen LogP contribution is -2.46. The van der Waals surface area contributed by atoms with Crippen molar-refractivity contribution in [3.63, 3.8) is 0 Å². The van der Waals surface area contributed by atoms with Gasteiger partial charge in [0.05, 0.1) is 5.92 Å². The van der Waals surface area contributed by atoms with E-state index in [1.807, 2.05) is 0 Å². The molecule has 92 valence electrons. The molecular weight excluding hydrogens is 208 g/mol. The van der Waals surface area contributed by atoms with E-state index >= 15 is 0 Å². The Labute approximate surface area is 95.6 Å². The van der Waals surface area contributed by atoms with Gasteiger partial charge in [-0.25, -0.2) is 0 Å². The summed E-state index contributed by atoms with van der Waals surface area (Å²) in [5, 5.41) is 8.91. The molecule has 3 N–H and O–H groups in total. The fourth-order valence-corrected chi connectivity index (χ4v) is 1.91. The van der Waals surface area contributed by atoms with E-state index < -0.39 is 17.4 Å². The van der Waals surface area contributed by atoms with Crippen LogP contribution in [0.1, 0.15) is 33.1 Å². The predicted molar refractivity (Wildman–Crippen MR) is 59.8 cm³/mol. The van der Waals surface area contributed by atoms with Gasteiger partial charge >= 0.3 is 5.97 Å². The van der Waals surface area contributed by atoms with Crippen LogP contribution >= 0.6 is 0 Å². The van der Waals surface area contributed by atoms with E-state index in [1.165, 1.54) is 0 Å². The van der Waals surface area contributed by atoms with Gasteiger partial charge in [0.1, 0.15) is 0 Å². The molecule has 1 atom stereocenters. The minimum atomic E-state index is -0.815. The highest BCUT2D eigenvalue weighted by atomic mass is 16.4. The zero-order valence-corrected chi connectivity index (χ0v) is 9.90. The maximum Gasteiger partial charge on any atom is 0.308 e. The van der Waals surface area contributed by atoms with Crippen LogP contribution in [0.25, 0.3) is 0 Å². The van der Waals surface area contributed by atoms with E-state index in [4.69, 9.17) is 10.8 Å². The van der Waals surface area contributed by atoms with Gasteiger partial charge in [0.2, 0.25) is 5.91 Å². The molecule has 1 rings (SSSR count). The van der Waals surface area contributed by atoms with Crippen molar-refractivity contribution in [1.29, 1.82) is 0 Å². The first-order valence-corrected chi connectivity index (χ1v) is 5.59. The first-order chi connectivity index (χ1) is 7.29. The second kappa shape index (κ2) is 4.82. The summed E-state index contributed by atoms with van der Waals surface area (Å²) in [6.45, 7) is 4.57. The molecule has 1 saturated heterocycles. The van der Waals surface area contributed by atoms with Crippen LogP contribution in [-0.2, 0) is 9.59 Å². The lowest BCUT2D eigenvalue weighted by molar-refractivity contribution is -0.145. The number of hydrogen-bond donors (Lipinski definition) is 2. The van der Waals surface area contributed by atoms with Crippen molar-refractivity contribution < 1.29 is 14.7 Å². The van der Waals surface area contributed by atoms with Crippen molar-refractivity contribution in [3.05, 3.63) is 0 Å². The summed E-state index contributed by atoms with van der Waals surface area (Å²) in [5.41, 5.74) is 5.24. The maximum absolute atomic E-state index is 11.8. The summed E-state index contributed by atoms with van der Waals surface area (Å²) in [7, 11) is 0. The van der Waals surface area contributed by atoms with Crippen LogP contribution in [0.5, 0.6) is 0 Å². The number of piperidine rings is 1. The highest BCUT2D eigenvalue weighted by Gasteiger charge is 2.29. The van der Waals surface area contributed by atoms with Crippen molar-refractivity contribution in [3.8, 4) is 0 Å². The van der Waals surface area contributed by atoms with Gasteiger partial charge < -0.3 is 15.7 Å². The van der Waals surface area contributed by atoms with Crippen molar-refractivity contribution >= 4 is 11.9 Å². The number of carbonyl (C=O) groups excluding carboxylic acids is 1. The fourth-order valence-electron chi connectivity index (χ4n) is 1.91. The second-order valence-electron chi connectivity index (χ2n) is 5.18. The third-order valence-electron chi connectivity index (χ3n) is 2.73. The molecule has 0 unspecified atom stereocenters. The summed E-state index contributed by atoms with van der Waals surface area (Å²) in [6.07, 6.45) is 1.68. The van der Waals surface area contributed by atoms with E-state index in [2.05, 4.69) is 0 Å². The van der Waals surface area contributed by atoms with Crippen LogP contribution < -0.4 is 5.73 Å². The monoisotopic (exact) mass is 228 g/mol. The van der Waals surface area contributed by atoms with Gasteiger partial charge in [0.15, 0.2) is 0 Å². The minimum absolute atomic E-state index is 0.0431. The predicted octanol–water partition coefficient (Wildman–Crippen LogP) is 0.437. The van der Waals surface area contributed by atoms with Crippen LogP contribution in [0.15, 0.2) is 0 Å². The fraction of sp³-hybridized carbons (Fsp3) is 0.818. The molecule has 0 aromatic carbocycles. The molecule has 5 heteroatoms. The molecule has 0 saturated carbocycles. The normalized spacial score (nSPS) is 21.9. The Morgan fingerprint density at radius 3 is 2.62 bits per heavy atom. The SMILES string of the molecule is CC(C)(N)CC(=O)N1CCC[C@H](C(=O)O)C1. The molecule has 1 fully saturated rings. The van der Waals surface area contributed by atoms with Crippen molar-refractivity contribution in [2.75, 3.05) is 13.1 Å². The molecule has 0 spiro atoms. The van der Waals surface area contributed by atoms with Crippen LogP contribution in [-0.4, -0.2) is 40.5 Å². The third-order valence-corrected chi connectivity index (χ3v) is 2.73. The molecule has 16 heavy (non-hydrogen) atoms. The highest BCUT2D eigenvalue weighted by Crippen LogP contribution is 2.18. The Morgan fingerprint density at radius 1 is 1.50 bits per heavy atom. The Bertz CT molecular complexity index is 283. The molecule has 0 aromatic rings. The van der Waals surface area contributed by atoms with E-state index in [0.717, 1.165) is 6.42 Å². The molecule has 1 amide bonds. The number of carboxylic acids is 1.